The standard InChI is InChI=1S/C14H22N2O4/c1-10(9-18-2)16-14(17)8-15-11-5-6-12(19-3)13(7-11)20-4/h5-7,10,15H,8-9H2,1-4H3,(H,16,17). The van der Waals surface area contributed by atoms with Crippen LogP contribution in [0.2, 0.25) is 0 Å². The van der Waals surface area contributed by atoms with Gasteiger partial charge in [0.1, 0.15) is 0 Å². The van der Waals surface area contributed by atoms with Gasteiger partial charge >= 0.3 is 0 Å². The summed E-state index contributed by atoms with van der Waals surface area (Å²) in [6.07, 6.45) is 0. The number of nitrogens with one attached hydrogen (secondary N) is 2. The SMILES string of the molecule is COCC(C)NC(=O)CNc1ccc(OC)c(OC)c1. The van der Waals surface area contributed by atoms with E-state index in [1.807, 2.05) is 13.0 Å². The van der Waals surface area contributed by atoms with Crippen molar-refractivity contribution in [3.8, 4) is 11.5 Å². The van der Waals surface area contributed by atoms with Gasteiger partial charge in [-0.2, -0.15) is 0 Å². The van der Waals surface area contributed by atoms with Crippen molar-refractivity contribution in [1.29, 1.82) is 0 Å². The number of carbonyl (C=O) groups excluding carboxylic acids is 1. The van der Waals surface area contributed by atoms with Crippen LogP contribution in [0.25, 0.3) is 0 Å². The Morgan fingerprint density at radius 3 is 2.50 bits per heavy atom. The third-order valence-electron chi connectivity index (χ3n) is 2.66. The Morgan fingerprint density at radius 2 is 1.90 bits per heavy atom. The average Bonchev–Trinajstić information content (AvgIpc) is 2.44. The fraction of sp³-hybridized carbons (Fsp3) is 0.500. The fourth-order valence-corrected chi connectivity index (χ4v) is 1.75. The monoisotopic (exact) mass is 282 g/mol. The van der Waals surface area contributed by atoms with Gasteiger partial charge < -0.3 is 24.8 Å². The molecule has 1 aromatic carbocycles. The molecule has 6 heteroatoms. The number of hydrogen-bond donors (Lipinski definition) is 2. The van der Waals surface area contributed by atoms with Gasteiger partial charge in [-0.1, -0.05) is 0 Å². The first kappa shape index (κ1) is 16.1. The van der Waals surface area contributed by atoms with E-state index >= 15 is 0 Å². The van der Waals surface area contributed by atoms with Crippen LogP contribution in [0.4, 0.5) is 5.69 Å². The number of carbonyl (C=O) groups is 1. The normalized spacial score (nSPS) is 11.6. The molecule has 0 radical (unpaired) electrons. The maximum Gasteiger partial charge on any atom is 0.239 e. The van der Waals surface area contributed by atoms with E-state index < -0.39 is 0 Å². The summed E-state index contributed by atoms with van der Waals surface area (Å²) in [6, 6.07) is 5.38. The number of rotatable bonds is 8. The van der Waals surface area contributed by atoms with E-state index in [0.29, 0.717) is 18.1 Å². The molecule has 0 aliphatic carbocycles. The Labute approximate surface area is 119 Å². The van der Waals surface area contributed by atoms with Gasteiger partial charge in [-0.3, -0.25) is 4.79 Å². The predicted molar refractivity (Wildman–Crippen MR) is 77.5 cm³/mol. The van der Waals surface area contributed by atoms with E-state index in [1.54, 1.807) is 33.5 Å². The summed E-state index contributed by atoms with van der Waals surface area (Å²) in [5.41, 5.74) is 0.789. The van der Waals surface area contributed by atoms with Gasteiger partial charge in [0, 0.05) is 24.9 Å². The van der Waals surface area contributed by atoms with Crippen LogP contribution in [0.3, 0.4) is 0 Å². The van der Waals surface area contributed by atoms with E-state index in [4.69, 9.17) is 14.2 Å². The molecule has 0 aliphatic heterocycles. The van der Waals surface area contributed by atoms with E-state index in [1.165, 1.54) is 0 Å². The summed E-state index contributed by atoms with van der Waals surface area (Å²) in [5, 5.41) is 5.85. The van der Waals surface area contributed by atoms with Crippen molar-refractivity contribution in [3.05, 3.63) is 18.2 Å². The highest BCUT2D eigenvalue weighted by atomic mass is 16.5. The largest absolute Gasteiger partial charge is 0.493 e. The van der Waals surface area contributed by atoms with Crippen molar-refractivity contribution in [2.75, 3.05) is 39.8 Å². The Balaban J connectivity index is 2.51. The topological polar surface area (TPSA) is 68.8 Å². The second kappa shape index (κ2) is 8.27. The molecule has 2 N–H and O–H groups in total. The molecule has 0 saturated carbocycles. The molecule has 0 bridgehead atoms. The Hall–Kier alpha value is -1.95. The van der Waals surface area contributed by atoms with Crippen molar-refractivity contribution < 1.29 is 19.0 Å². The number of methoxy groups -OCH3 is 3. The lowest BCUT2D eigenvalue weighted by Gasteiger charge is -2.14. The highest BCUT2D eigenvalue weighted by Crippen LogP contribution is 2.29. The molecule has 6 nitrogen and oxygen atoms in total. The van der Waals surface area contributed by atoms with Crippen LogP contribution in [0, 0.1) is 0 Å². The van der Waals surface area contributed by atoms with E-state index in [-0.39, 0.29) is 18.5 Å². The highest BCUT2D eigenvalue weighted by molar-refractivity contribution is 5.81. The molecule has 0 spiro atoms. The maximum atomic E-state index is 11.7. The minimum Gasteiger partial charge on any atom is -0.493 e. The molecule has 0 aromatic heterocycles. The average molecular weight is 282 g/mol. The zero-order valence-electron chi connectivity index (χ0n) is 12.4. The quantitative estimate of drug-likeness (QED) is 0.751. The lowest BCUT2D eigenvalue weighted by atomic mass is 10.2. The van der Waals surface area contributed by atoms with Crippen molar-refractivity contribution >= 4 is 11.6 Å². The number of amides is 1. The molecule has 0 heterocycles. The molecule has 112 valence electrons. The zero-order valence-corrected chi connectivity index (χ0v) is 12.4. The molecule has 1 rings (SSSR count). The minimum atomic E-state index is -0.0932. The van der Waals surface area contributed by atoms with Crippen LogP contribution in [0.5, 0.6) is 11.5 Å². The van der Waals surface area contributed by atoms with E-state index in [9.17, 15) is 4.79 Å². The van der Waals surface area contributed by atoms with Crippen LogP contribution >= 0.6 is 0 Å². The highest BCUT2D eigenvalue weighted by Gasteiger charge is 2.08. The maximum absolute atomic E-state index is 11.7. The first-order valence-electron chi connectivity index (χ1n) is 6.35. The molecule has 0 aliphatic rings. The number of benzene rings is 1. The molecular formula is C14H22N2O4. The van der Waals surface area contributed by atoms with Gasteiger partial charge in [0.15, 0.2) is 11.5 Å². The molecule has 20 heavy (non-hydrogen) atoms. The first-order chi connectivity index (χ1) is 9.60. The van der Waals surface area contributed by atoms with Crippen LogP contribution in [0.15, 0.2) is 18.2 Å². The molecule has 0 saturated heterocycles. The van der Waals surface area contributed by atoms with Crippen molar-refractivity contribution in [2.24, 2.45) is 0 Å². The molecular weight excluding hydrogens is 260 g/mol. The molecule has 1 atom stereocenters. The van der Waals surface area contributed by atoms with Gasteiger partial charge in [0.05, 0.1) is 27.4 Å². The van der Waals surface area contributed by atoms with Gasteiger partial charge in [0.25, 0.3) is 0 Å². The van der Waals surface area contributed by atoms with E-state index in [2.05, 4.69) is 10.6 Å². The van der Waals surface area contributed by atoms with Gasteiger partial charge in [-0.25, -0.2) is 0 Å². The summed E-state index contributed by atoms with van der Waals surface area (Å²) >= 11 is 0. The van der Waals surface area contributed by atoms with Crippen molar-refractivity contribution in [3.63, 3.8) is 0 Å². The van der Waals surface area contributed by atoms with Crippen molar-refractivity contribution in [2.45, 2.75) is 13.0 Å². The molecule has 0 fully saturated rings. The van der Waals surface area contributed by atoms with Crippen LogP contribution in [-0.4, -0.2) is 46.4 Å². The Morgan fingerprint density at radius 1 is 1.20 bits per heavy atom. The second-order valence-corrected chi connectivity index (χ2v) is 4.35. The van der Waals surface area contributed by atoms with Crippen LogP contribution < -0.4 is 20.1 Å². The van der Waals surface area contributed by atoms with E-state index in [0.717, 1.165) is 5.69 Å². The Bertz CT molecular complexity index is 437. The number of anilines is 1. The second-order valence-electron chi connectivity index (χ2n) is 4.35. The summed E-state index contributed by atoms with van der Waals surface area (Å²) in [7, 11) is 4.75. The smallest absolute Gasteiger partial charge is 0.239 e. The summed E-state index contributed by atoms with van der Waals surface area (Å²) in [4.78, 5) is 11.7. The van der Waals surface area contributed by atoms with Crippen LogP contribution in [-0.2, 0) is 9.53 Å². The van der Waals surface area contributed by atoms with Crippen LogP contribution in [0.1, 0.15) is 6.92 Å². The lowest BCUT2D eigenvalue weighted by molar-refractivity contribution is -0.120. The van der Waals surface area contributed by atoms with Crippen molar-refractivity contribution in [1.82, 2.24) is 5.32 Å². The van der Waals surface area contributed by atoms with Gasteiger partial charge in [-0.05, 0) is 19.1 Å². The Kier molecular flexibility index (Phi) is 6.66. The van der Waals surface area contributed by atoms with Gasteiger partial charge in [-0.15, -0.1) is 0 Å². The summed E-state index contributed by atoms with van der Waals surface area (Å²) in [6.45, 7) is 2.56. The molecule has 1 unspecified atom stereocenters. The zero-order chi connectivity index (χ0) is 15.0. The summed E-state index contributed by atoms with van der Waals surface area (Å²) < 4.78 is 15.3. The third-order valence-corrected chi connectivity index (χ3v) is 2.66. The fourth-order valence-electron chi connectivity index (χ4n) is 1.75. The number of hydrogen-bond acceptors (Lipinski definition) is 5. The third kappa shape index (κ3) is 4.97. The molecule has 1 amide bonds. The minimum absolute atomic E-state index is 0.0142. The first-order valence-corrected chi connectivity index (χ1v) is 6.35. The van der Waals surface area contributed by atoms with Gasteiger partial charge in [0.2, 0.25) is 5.91 Å². The number of ether oxygens (including phenoxy) is 3. The predicted octanol–water partition coefficient (Wildman–Crippen LogP) is 1.27. The molecule has 1 aromatic rings. The summed E-state index contributed by atoms with van der Waals surface area (Å²) in [5.74, 6) is 1.17. The lowest BCUT2D eigenvalue weighted by Crippen LogP contribution is -2.39.